The number of aromatic nitrogens is 1. The number of pyridine rings is 1. The molecule has 0 aromatic carbocycles. The van der Waals surface area contributed by atoms with Crippen molar-refractivity contribution in [1.82, 2.24) is 10.3 Å². The van der Waals surface area contributed by atoms with Crippen molar-refractivity contribution >= 4 is 15.7 Å². The van der Waals surface area contributed by atoms with Crippen molar-refractivity contribution in [1.29, 1.82) is 0 Å². The second-order valence-electron chi connectivity index (χ2n) is 11.0. The van der Waals surface area contributed by atoms with Gasteiger partial charge in [0.1, 0.15) is 5.69 Å². The zero-order chi connectivity index (χ0) is 25.6. The Kier molecular flexibility index (Phi) is 7.27. The Morgan fingerprint density at radius 3 is 2.23 bits per heavy atom. The molecule has 0 radical (unpaired) electrons. The number of nitrogens with one attached hydrogen (secondary N) is 1. The average molecular weight is 517 g/mol. The molecule has 35 heavy (non-hydrogen) atoms. The summed E-state index contributed by atoms with van der Waals surface area (Å²) in [5.41, 5.74) is -1.52. The summed E-state index contributed by atoms with van der Waals surface area (Å²) in [5, 5.41) is 13.3. The van der Waals surface area contributed by atoms with Crippen LogP contribution < -0.4 is 5.32 Å². The Morgan fingerprint density at radius 2 is 1.74 bits per heavy atom. The molecule has 1 aromatic heterocycles. The number of alkyl halides is 3. The van der Waals surface area contributed by atoms with Gasteiger partial charge in [-0.3, -0.25) is 4.79 Å². The SMILES string of the molecule is Cc1nc(C(F)(F)F)ccc1C(=O)NC(C(C)O)[C@]1(CC2CC2)CC[C@H](S(=O)(=O)CC2CC2)CC1. The number of hydrogen-bond acceptors (Lipinski definition) is 5. The van der Waals surface area contributed by atoms with Gasteiger partial charge in [0.15, 0.2) is 9.84 Å². The highest BCUT2D eigenvalue weighted by Gasteiger charge is 2.49. The lowest BCUT2D eigenvalue weighted by Crippen LogP contribution is -2.56. The van der Waals surface area contributed by atoms with Crippen LogP contribution in [0.4, 0.5) is 13.2 Å². The number of aryl methyl sites for hydroxylation is 1. The fourth-order valence-electron chi connectivity index (χ4n) is 5.78. The summed E-state index contributed by atoms with van der Waals surface area (Å²) in [4.78, 5) is 16.7. The quantitative estimate of drug-likeness (QED) is 0.506. The summed E-state index contributed by atoms with van der Waals surface area (Å²) in [6.07, 6.45) is 1.57. The molecule has 2 atom stereocenters. The lowest BCUT2D eigenvalue weighted by atomic mass is 9.64. The summed E-state index contributed by atoms with van der Waals surface area (Å²) >= 11 is 0. The lowest BCUT2D eigenvalue weighted by Gasteiger charge is -2.47. The number of rotatable bonds is 9. The normalized spacial score (nSPS) is 27.3. The van der Waals surface area contributed by atoms with Gasteiger partial charge in [0, 0.05) is 0 Å². The van der Waals surface area contributed by atoms with Gasteiger partial charge in [0.05, 0.1) is 34.4 Å². The van der Waals surface area contributed by atoms with Crippen LogP contribution in [0.25, 0.3) is 0 Å². The molecule has 2 unspecified atom stereocenters. The number of carbonyl (C=O) groups excluding carboxylic acids is 1. The number of carbonyl (C=O) groups is 1. The maximum Gasteiger partial charge on any atom is 0.433 e. The molecular weight excluding hydrogens is 481 g/mol. The number of aliphatic hydroxyl groups excluding tert-OH is 1. The van der Waals surface area contributed by atoms with Crippen molar-refractivity contribution in [3.05, 3.63) is 29.1 Å². The maximum atomic E-state index is 13.1. The number of hydrogen-bond donors (Lipinski definition) is 2. The van der Waals surface area contributed by atoms with Crippen LogP contribution in [0.5, 0.6) is 0 Å². The van der Waals surface area contributed by atoms with Crippen molar-refractivity contribution in [3.63, 3.8) is 0 Å². The monoisotopic (exact) mass is 516 g/mol. The highest BCUT2D eigenvalue weighted by molar-refractivity contribution is 7.92. The van der Waals surface area contributed by atoms with Gasteiger partial charge < -0.3 is 10.4 Å². The Balaban J connectivity index is 1.53. The van der Waals surface area contributed by atoms with Crippen molar-refractivity contribution in [2.24, 2.45) is 17.3 Å². The molecule has 0 saturated heterocycles. The predicted molar refractivity (Wildman–Crippen MR) is 125 cm³/mol. The van der Waals surface area contributed by atoms with Crippen LogP contribution in [-0.2, 0) is 16.0 Å². The van der Waals surface area contributed by atoms with E-state index in [9.17, 15) is 31.5 Å². The predicted octanol–water partition coefficient (Wildman–Crippen LogP) is 4.44. The van der Waals surface area contributed by atoms with Crippen LogP contribution >= 0.6 is 0 Å². The van der Waals surface area contributed by atoms with Crippen molar-refractivity contribution in [3.8, 4) is 0 Å². The minimum atomic E-state index is -4.60. The van der Waals surface area contributed by atoms with Crippen LogP contribution in [0.1, 0.15) is 86.5 Å². The average Bonchev–Trinajstić information content (AvgIpc) is 3.69. The van der Waals surface area contributed by atoms with Crippen molar-refractivity contribution in [2.75, 3.05) is 5.75 Å². The second kappa shape index (κ2) is 9.65. The van der Waals surface area contributed by atoms with Gasteiger partial charge in [0.25, 0.3) is 5.91 Å². The minimum absolute atomic E-state index is 0.0333. The van der Waals surface area contributed by atoms with E-state index in [1.54, 1.807) is 6.92 Å². The first-order valence-electron chi connectivity index (χ1n) is 12.6. The van der Waals surface area contributed by atoms with Gasteiger partial charge in [-0.2, -0.15) is 13.2 Å². The molecule has 196 valence electrons. The molecule has 3 aliphatic rings. The van der Waals surface area contributed by atoms with Gasteiger partial charge in [-0.15, -0.1) is 0 Å². The summed E-state index contributed by atoms with van der Waals surface area (Å²) in [5.74, 6) is 0.461. The smallest absolute Gasteiger partial charge is 0.391 e. The molecule has 2 N–H and O–H groups in total. The Hall–Kier alpha value is -1.68. The van der Waals surface area contributed by atoms with Crippen LogP contribution in [0.2, 0.25) is 0 Å². The van der Waals surface area contributed by atoms with E-state index in [2.05, 4.69) is 10.3 Å². The molecule has 10 heteroatoms. The fraction of sp³-hybridized carbons (Fsp3) is 0.760. The third-order valence-electron chi connectivity index (χ3n) is 8.04. The van der Waals surface area contributed by atoms with Gasteiger partial charge in [-0.05, 0) is 88.2 Å². The summed E-state index contributed by atoms with van der Waals surface area (Å²) in [7, 11) is -3.17. The molecule has 0 aliphatic heterocycles. The van der Waals surface area contributed by atoms with E-state index in [1.807, 2.05) is 0 Å². The Bertz CT molecular complexity index is 1040. The van der Waals surface area contributed by atoms with E-state index in [0.29, 0.717) is 37.5 Å². The largest absolute Gasteiger partial charge is 0.433 e. The van der Waals surface area contributed by atoms with Crippen LogP contribution in [0, 0.1) is 24.2 Å². The van der Waals surface area contributed by atoms with Crippen molar-refractivity contribution in [2.45, 2.75) is 95.2 Å². The molecule has 4 rings (SSSR count). The maximum absolute atomic E-state index is 13.1. The molecule has 1 aromatic rings. The number of sulfone groups is 1. The van der Waals surface area contributed by atoms with E-state index < -0.39 is 45.2 Å². The highest BCUT2D eigenvalue weighted by atomic mass is 32.2. The first-order chi connectivity index (χ1) is 16.3. The molecule has 0 spiro atoms. The van der Waals surface area contributed by atoms with Gasteiger partial charge in [-0.1, -0.05) is 12.8 Å². The van der Waals surface area contributed by atoms with Crippen LogP contribution in [0.3, 0.4) is 0 Å². The Labute approximate surface area is 205 Å². The van der Waals surface area contributed by atoms with E-state index in [1.165, 1.54) is 6.92 Å². The minimum Gasteiger partial charge on any atom is -0.391 e. The molecule has 3 aliphatic carbocycles. The van der Waals surface area contributed by atoms with Gasteiger partial charge >= 0.3 is 6.18 Å². The number of halogens is 3. The van der Waals surface area contributed by atoms with Crippen molar-refractivity contribution < 1.29 is 31.5 Å². The summed E-state index contributed by atoms with van der Waals surface area (Å²) in [6.45, 7) is 2.96. The topological polar surface area (TPSA) is 96.4 Å². The van der Waals surface area contributed by atoms with Crippen LogP contribution in [-0.4, -0.2) is 47.6 Å². The molecule has 6 nitrogen and oxygen atoms in total. The number of amides is 1. The van der Waals surface area contributed by atoms with E-state index in [-0.39, 0.29) is 22.3 Å². The van der Waals surface area contributed by atoms with E-state index in [0.717, 1.165) is 44.2 Å². The van der Waals surface area contributed by atoms with E-state index >= 15 is 0 Å². The summed E-state index contributed by atoms with van der Waals surface area (Å²) in [6, 6.07) is 1.27. The highest BCUT2D eigenvalue weighted by Crippen LogP contribution is 2.51. The lowest BCUT2D eigenvalue weighted by molar-refractivity contribution is -0.141. The first-order valence-corrected chi connectivity index (χ1v) is 14.3. The number of aliphatic hydroxyl groups is 1. The molecular formula is C25H35F3N2O4S. The molecule has 3 fully saturated rings. The standard InChI is InChI=1S/C25H35F3N2O4S/c1-15-20(7-8-21(29-15)25(26,27)28)23(32)30-22(16(2)31)24(13-17-3-4-17)11-9-19(10-12-24)35(33,34)14-18-5-6-18/h7-8,16-19,22,31H,3-6,9-14H2,1-2H3,(H,30,32)/t16?,19-,22?,24+. The van der Waals surface area contributed by atoms with E-state index in [4.69, 9.17) is 0 Å². The third-order valence-corrected chi connectivity index (χ3v) is 10.5. The second-order valence-corrected chi connectivity index (χ2v) is 13.3. The first kappa shape index (κ1) is 26.4. The van der Waals surface area contributed by atoms with Gasteiger partial charge in [0.2, 0.25) is 0 Å². The zero-order valence-electron chi connectivity index (χ0n) is 20.3. The number of nitrogens with zero attached hydrogens (tertiary/aromatic N) is 1. The summed E-state index contributed by atoms with van der Waals surface area (Å²) < 4.78 is 64.7. The molecule has 1 heterocycles. The third kappa shape index (κ3) is 6.18. The molecule has 0 bridgehead atoms. The van der Waals surface area contributed by atoms with Crippen LogP contribution in [0.15, 0.2) is 12.1 Å². The molecule has 3 saturated carbocycles. The fourth-order valence-corrected chi connectivity index (χ4v) is 7.99. The molecule has 1 amide bonds. The van der Waals surface area contributed by atoms with Gasteiger partial charge in [-0.25, -0.2) is 13.4 Å². The Morgan fingerprint density at radius 1 is 1.14 bits per heavy atom. The zero-order valence-corrected chi connectivity index (χ0v) is 21.1.